The van der Waals surface area contributed by atoms with Gasteiger partial charge in [-0.05, 0) is 37.5 Å². The summed E-state index contributed by atoms with van der Waals surface area (Å²) in [5, 5.41) is 7.32. The second-order valence-corrected chi connectivity index (χ2v) is 9.07. The minimum atomic E-state index is 0.596. The summed E-state index contributed by atoms with van der Waals surface area (Å²) in [6.45, 7) is 9.78. The number of hydrogen-bond acceptors (Lipinski definition) is 4. The molecule has 4 heteroatoms. The number of nitrogens with one attached hydrogen (secondary N) is 2. The van der Waals surface area contributed by atoms with Crippen molar-refractivity contribution in [2.45, 2.75) is 45.8 Å². The SMILES string of the molecule is CCC1=CC(c2ccc(CNC3CCN(Cc4ccccc4)C3)s2)=C(C)NC1. The molecule has 0 saturated carbocycles. The van der Waals surface area contributed by atoms with Crippen LogP contribution in [0.25, 0.3) is 5.57 Å². The van der Waals surface area contributed by atoms with Gasteiger partial charge in [0.2, 0.25) is 0 Å². The first-order chi connectivity index (χ1) is 13.7. The molecular formula is C24H31N3S. The molecule has 1 aromatic heterocycles. The molecule has 1 saturated heterocycles. The Hall–Kier alpha value is -1.88. The van der Waals surface area contributed by atoms with Crippen LogP contribution in [0.1, 0.15) is 42.0 Å². The van der Waals surface area contributed by atoms with E-state index in [9.17, 15) is 0 Å². The molecule has 2 N–H and O–H groups in total. The first-order valence-corrected chi connectivity index (χ1v) is 11.3. The van der Waals surface area contributed by atoms with Crippen molar-refractivity contribution in [3.05, 3.63) is 75.1 Å². The lowest BCUT2D eigenvalue weighted by Gasteiger charge is -2.18. The second-order valence-electron chi connectivity index (χ2n) is 7.90. The van der Waals surface area contributed by atoms with Crippen LogP contribution in [-0.4, -0.2) is 30.6 Å². The fourth-order valence-electron chi connectivity index (χ4n) is 4.03. The van der Waals surface area contributed by atoms with Crippen LogP contribution in [-0.2, 0) is 13.1 Å². The molecule has 3 nitrogen and oxygen atoms in total. The summed E-state index contributed by atoms with van der Waals surface area (Å²) in [4.78, 5) is 5.37. The van der Waals surface area contributed by atoms with Crippen molar-refractivity contribution in [1.82, 2.24) is 15.5 Å². The fourth-order valence-corrected chi connectivity index (χ4v) is 5.07. The van der Waals surface area contributed by atoms with Gasteiger partial charge in [-0.3, -0.25) is 4.90 Å². The van der Waals surface area contributed by atoms with E-state index in [1.165, 1.54) is 45.1 Å². The standard InChI is InChI=1S/C24H31N3S/c1-3-19-13-23(18(2)25-14-19)24-10-9-22(28-24)15-26-21-11-12-27(17-21)16-20-7-5-4-6-8-20/h4-10,13,21,25-26H,3,11-12,14-17H2,1-2H3. The van der Waals surface area contributed by atoms with E-state index in [0.29, 0.717) is 6.04 Å². The number of benzene rings is 1. The van der Waals surface area contributed by atoms with Crippen molar-refractivity contribution in [3.63, 3.8) is 0 Å². The quantitative estimate of drug-likeness (QED) is 0.709. The van der Waals surface area contributed by atoms with Gasteiger partial charge in [0, 0.05) is 59.8 Å². The van der Waals surface area contributed by atoms with E-state index in [4.69, 9.17) is 0 Å². The molecule has 0 aliphatic carbocycles. The number of allylic oxidation sites excluding steroid dienone is 3. The molecule has 1 aromatic carbocycles. The van der Waals surface area contributed by atoms with Crippen LogP contribution in [0.5, 0.6) is 0 Å². The third kappa shape index (κ3) is 4.75. The van der Waals surface area contributed by atoms with Crippen molar-refractivity contribution in [1.29, 1.82) is 0 Å². The number of hydrogen-bond donors (Lipinski definition) is 2. The zero-order valence-electron chi connectivity index (χ0n) is 17.0. The maximum atomic E-state index is 3.78. The van der Waals surface area contributed by atoms with Gasteiger partial charge >= 0.3 is 0 Å². The molecule has 0 bridgehead atoms. The van der Waals surface area contributed by atoms with Crippen LogP contribution < -0.4 is 10.6 Å². The second kappa shape index (κ2) is 9.08. The molecule has 0 radical (unpaired) electrons. The minimum absolute atomic E-state index is 0.596. The molecule has 2 aromatic rings. The Morgan fingerprint density at radius 2 is 2.04 bits per heavy atom. The molecule has 1 unspecified atom stereocenters. The molecule has 0 spiro atoms. The third-order valence-electron chi connectivity index (χ3n) is 5.80. The Kier molecular flexibility index (Phi) is 6.30. The molecule has 2 aliphatic rings. The lowest BCUT2D eigenvalue weighted by atomic mass is 10.0. The van der Waals surface area contributed by atoms with Crippen LogP contribution in [0.4, 0.5) is 0 Å². The van der Waals surface area contributed by atoms with Gasteiger partial charge in [0.05, 0.1) is 0 Å². The highest BCUT2D eigenvalue weighted by Crippen LogP contribution is 2.30. The third-order valence-corrected chi connectivity index (χ3v) is 6.92. The van der Waals surface area contributed by atoms with Crippen molar-refractivity contribution in [3.8, 4) is 0 Å². The minimum Gasteiger partial charge on any atom is -0.384 e. The monoisotopic (exact) mass is 393 g/mol. The van der Waals surface area contributed by atoms with Gasteiger partial charge in [-0.25, -0.2) is 0 Å². The van der Waals surface area contributed by atoms with Crippen LogP contribution in [0.2, 0.25) is 0 Å². The van der Waals surface area contributed by atoms with Gasteiger partial charge in [-0.2, -0.15) is 0 Å². The fraction of sp³-hybridized carbons (Fsp3) is 0.417. The molecule has 1 atom stereocenters. The van der Waals surface area contributed by atoms with Crippen LogP contribution in [0, 0.1) is 0 Å². The van der Waals surface area contributed by atoms with Gasteiger partial charge in [0.1, 0.15) is 0 Å². The number of likely N-dealkylation sites (tertiary alicyclic amines) is 1. The Balaban J connectivity index is 1.30. The van der Waals surface area contributed by atoms with Crippen molar-refractivity contribution < 1.29 is 0 Å². The molecule has 1 fully saturated rings. The van der Waals surface area contributed by atoms with E-state index in [1.54, 1.807) is 0 Å². The maximum absolute atomic E-state index is 3.78. The summed E-state index contributed by atoms with van der Waals surface area (Å²) >= 11 is 1.92. The van der Waals surface area contributed by atoms with Crippen LogP contribution >= 0.6 is 11.3 Å². The summed E-state index contributed by atoms with van der Waals surface area (Å²) in [6, 6.07) is 16.0. The Labute approximate surface area is 173 Å². The molecule has 2 aliphatic heterocycles. The van der Waals surface area contributed by atoms with Gasteiger partial charge in [-0.15, -0.1) is 11.3 Å². The zero-order valence-corrected chi connectivity index (χ0v) is 17.8. The summed E-state index contributed by atoms with van der Waals surface area (Å²) in [6.07, 6.45) is 4.74. The van der Waals surface area contributed by atoms with E-state index in [1.807, 2.05) is 11.3 Å². The highest BCUT2D eigenvalue weighted by atomic mass is 32.1. The largest absolute Gasteiger partial charge is 0.384 e. The molecule has 3 heterocycles. The molecule has 4 rings (SSSR count). The van der Waals surface area contributed by atoms with Gasteiger partial charge in [-0.1, -0.05) is 48.9 Å². The smallest absolute Gasteiger partial charge is 0.0363 e. The number of thiophene rings is 1. The van der Waals surface area contributed by atoms with Gasteiger partial charge in [0.15, 0.2) is 0 Å². The lowest BCUT2D eigenvalue weighted by molar-refractivity contribution is 0.320. The van der Waals surface area contributed by atoms with Gasteiger partial charge < -0.3 is 10.6 Å². The highest BCUT2D eigenvalue weighted by molar-refractivity contribution is 7.13. The number of rotatable bonds is 7. The van der Waals surface area contributed by atoms with E-state index in [0.717, 1.165) is 32.6 Å². The average molecular weight is 394 g/mol. The summed E-state index contributed by atoms with van der Waals surface area (Å²) < 4.78 is 0. The normalized spacial score (nSPS) is 20.4. The number of nitrogens with zero attached hydrogens (tertiary/aromatic N) is 1. The highest BCUT2D eigenvalue weighted by Gasteiger charge is 2.22. The topological polar surface area (TPSA) is 27.3 Å². The predicted octanol–water partition coefficient (Wildman–Crippen LogP) is 4.78. The van der Waals surface area contributed by atoms with E-state index in [2.05, 4.69) is 77.9 Å². The van der Waals surface area contributed by atoms with Crippen molar-refractivity contribution in [2.24, 2.45) is 0 Å². The molecule has 148 valence electrons. The van der Waals surface area contributed by atoms with Crippen LogP contribution in [0.3, 0.4) is 0 Å². The summed E-state index contributed by atoms with van der Waals surface area (Å²) in [7, 11) is 0. The average Bonchev–Trinajstić information content (AvgIpc) is 3.37. The summed E-state index contributed by atoms with van der Waals surface area (Å²) in [5.74, 6) is 0. The Bertz CT molecular complexity index is 850. The van der Waals surface area contributed by atoms with Crippen molar-refractivity contribution >= 4 is 16.9 Å². The van der Waals surface area contributed by atoms with E-state index < -0.39 is 0 Å². The van der Waals surface area contributed by atoms with Gasteiger partial charge in [0.25, 0.3) is 0 Å². The van der Waals surface area contributed by atoms with E-state index >= 15 is 0 Å². The van der Waals surface area contributed by atoms with Crippen molar-refractivity contribution in [2.75, 3.05) is 19.6 Å². The maximum Gasteiger partial charge on any atom is 0.0363 e. The summed E-state index contributed by atoms with van der Waals surface area (Å²) in [5.41, 5.74) is 5.56. The Morgan fingerprint density at radius 1 is 1.18 bits per heavy atom. The first kappa shape index (κ1) is 19.4. The Morgan fingerprint density at radius 3 is 2.86 bits per heavy atom. The zero-order chi connectivity index (χ0) is 19.3. The molecule has 0 amide bonds. The molecular weight excluding hydrogens is 362 g/mol. The molecule has 28 heavy (non-hydrogen) atoms. The van der Waals surface area contributed by atoms with Crippen LogP contribution in [0.15, 0.2) is 59.8 Å². The number of dihydropyridines is 1. The predicted molar refractivity (Wildman–Crippen MR) is 120 cm³/mol. The van der Waals surface area contributed by atoms with E-state index in [-0.39, 0.29) is 0 Å². The lowest BCUT2D eigenvalue weighted by Crippen LogP contribution is -2.31. The first-order valence-electron chi connectivity index (χ1n) is 10.4.